The molecule has 0 fully saturated rings. The van der Waals surface area contributed by atoms with Crippen molar-refractivity contribution in [1.82, 2.24) is 16.0 Å². The minimum Gasteiger partial charge on any atom is -0.493 e. The van der Waals surface area contributed by atoms with E-state index in [9.17, 15) is 0 Å². The van der Waals surface area contributed by atoms with Crippen LogP contribution >= 0.6 is 24.0 Å². The molecule has 1 rings (SSSR count). The maximum Gasteiger partial charge on any atom is 0.191 e. The fourth-order valence-corrected chi connectivity index (χ4v) is 2.11. The summed E-state index contributed by atoms with van der Waals surface area (Å²) in [4.78, 5) is 4.62. The van der Waals surface area contributed by atoms with E-state index in [1.807, 2.05) is 18.2 Å². The second kappa shape index (κ2) is 12.2. The van der Waals surface area contributed by atoms with Crippen LogP contribution < -0.4 is 25.4 Å². The topological polar surface area (TPSA) is 66.9 Å². The van der Waals surface area contributed by atoms with Crippen LogP contribution in [-0.4, -0.2) is 45.4 Å². The van der Waals surface area contributed by atoms with E-state index < -0.39 is 0 Å². The highest BCUT2D eigenvalue weighted by Gasteiger charge is 2.08. The van der Waals surface area contributed by atoms with Crippen molar-refractivity contribution in [2.75, 3.05) is 33.9 Å². The molecule has 3 N–H and O–H groups in total. The number of rotatable bonds is 8. The van der Waals surface area contributed by atoms with Crippen LogP contribution in [0.5, 0.6) is 11.5 Å². The SMILES string of the molecule is CCNC(=NCc1ccc(OC)c(OC)c1)NCCNC(C)(C)C.I. The molecular weight excluding hydrogens is 431 g/mol. The normalized spacial score (nSPS) is 11.5. The Morgan fingerprint density at radius 2 is 1.72 bits per heavy atom. The zero-order valence-corrected chi connectivity index (χ0v) is 18.6. The average Bonchev–Trinajstić information content (AvgIpc) is 2.55. The number of aliphatic imine (C=N–C) groups is 1. The van der Waals surface area contributed by atoms with Gasteiger partial charge >= 0.3 is 0 Å². The average molecular weight is 464 g/mol. The summed E-state index contributed by atoms with van der Waals surface area (Å²) in [7, 11) is 3.27. The fourth-order valence-electron chi connectivity index (χ4n) is 2.11. The summed E-state index contributed by atoms with van der Waals surface area (Å²) in [6, 6.07) is 5.85. The Bertz CT molecular complexity index is 530. The minimum atomic E-state index is 0. The number of hydrogen-bond acceptors (Lipinski definition) is 4. The number of halogens is 1. The molecule has 0 amide bonds. The van der Waals surface area contributed by atoms with Gasteiger partial charge in [0.05, 0.1) is 20.8 Å². The maximum absolute atomic E-state index is 5.33. The summed E-state index contributed by atoms with van der Waals surface area (Å²) in [5, 5.41) is 10.0. The number of benzene rings is 1. The van der Waals surface area contributed by atoms with E-state index in [1.165, 1.54) is 0 Å². The predicted molar refractivity (Wildman–Crippen MR) is 116 cm³/mol. The lowest BCUT2D eigenvalue weighted by Crippen LogP contribution is -2.44. The molecule has 0 saturated heterocycles. The fraction of sp³-hybridized carbons (Fsp3) is 0.611. The Morgan fingerprint density at radius 3 is 2.28 bits per heavy atom. The van der Waals surface area contributed by atoms with Crippen molar-refractivity contribution < 1.29 is 9.47 Å². The molecule has 7 heteroatoms. The Morgan fingerprint density at radius 1 is 1.04 bits per heavy atom. The molecule has 0 atom stereocenters. The van der Waals surface area contributed by atoms with Gasteiger partial charge in [-0.1, -0.05) is 6.07 Å². The van der Waals surface area contributed by atoms with E-state index in [-0.39, 0.29) is 29.5 Å². The monoisotopic (exact) mass is 464 g/mol. The molecule has 0 heterocycles. The Kier molecular flexibility index (Phi) is 11.6. The van der Waals surface area contributed by atoms with Gasteiger partial charge in [0, 0.05) is 25.2 Å². The van der Waals surface area contributed by atoms with E-state index in [0.717, 1.165) is 42.7 Å². The van der Waals surface area contributed by atoms with Crippen molar-refractivity contribution in [3.63, 3.8) is 0 Å². The molecule has 1 aromatic carbocycles. The first-order chi connectivity index (χ1) is 11.4. The molecule has 144 valence electrons. The summed E-state index contributed by atoms with van der Waals surface area (Å²) in [5.41, 5.74) is 1.19. The van der Waals surface area contributed by atoms with E-state index >= 15 is 0 Å². The summed E-state index contributed by atoms with van der Waals surface area (Å²) in [6.45, 7) is 11.6. The summed E-state index contributed by atoms with van der Waals surface area (Å²) in [5.74, 6) is 2.25. The first-order valence-corrected chi connectivity index (χ1v) is 8.37. The van der Waals surface area contributed by atoms with Crippen LogP contribution in [0.2, 0.25) is 0 Å². The third-order valence-corrected chi connectivity index (χ3v) is 3.28. The van der Waals surface area contributed by atoms with Crippen LogP contribution in [0.4, 0.5) is 0 Å². The third kappa shape index (κ3) is 9.74. The number of nitrogens with zero attached hydrogens (tertiary/aromatic N) is 1. The van der Waals surface area contributed by atoms with Gasteiger partial charge in [0.25, 0.3) is 0 Å². The zero-order valence-electron chi connectivity index (χ0n) is 16.2. The first kappa shape index (κ1) is 23.8. The van der Waals surface area contributed by atoms with Crippen LogP contribution in [0.1, 0.15) is 33.3 Å². The van der Waals surface area contributed by atoms with E-state index in [4.69, 9.17) is 9.47 Å². The van der Waals surface area contributed by atoms with Crippen molar-refractivity contribution in [1.29, 1.82) is 0 Å². The predicted octanol–water partition coefficient (Wildman–Crippen LogP) is 2.77. The number of methoxy groups -OCH3 is 2. The van der Waals surface area contributed by atoms with Crippen molar-refractivity contribution in [2.45, 2.75) is 39.8 Å². The van der Waals surface area contributed by atoms with E-state index in [0.29, 0.717) is 6.54 Å². The summed E-state index contributed by atoms with van der Waals surface area (Å²) >= 11 is 0. The molecule has 0 saturated carbocycles. The second-order valence-corrected chi connectivity index (χ2v) is 6.49. The quantitative estimate of drug-likeness (QED) is 0.239. The molecule has 0 bridgehead atoms. The summed E-state index contributed by atoms with van der Waals surface area (Å²) < 4.78 is 10.6. The first-order valence-electron chi connectivity index (χ1n) is 8.37. The van der Waals surface area contributed by atoms with Crippen molar-refractivity contribution in [3.8, 4) is 11.5 Å². The molecule has 0 aliphatic carbocycles. The van der Waals surface area contributed by atoms with Crippen molar-refractivity contribution >= 4 is 29.9 Å². The number of nitrogens with one attached hydrogen (secondary N) is 3. The summed E-state index contributed by atoms with van der Waals surface area (Å²) in [6.07, 6.45) is 0. The Hall–Kier alpha value is -1.22. The third-order valence-electron chi connectivity index (χ3n) is 3.28. The van der Waals surface area contributed by atoms with Gasteiger partial charge in [-0.05, 0) is 45.4 Å². The lowest BCUT2D eigenvalue weighted by Gasteiger charge is -2.21. The van der Waals surface area contributed by atoms with Crippen molar-refractivity contribution in [2.24, 2.45) is 4.99 Å². The molecule has 0 radical (unpaired) electrons. The Labute approximate surface area is 169 Å². The largest absolute Gasteiger partial charge is 0.493 e. The molecule has 0 aliphatic heterocycles. The number of hydrogen-bond donors (Lipinski definition) is 3. The van der Waals surface area contributed by atoms with Gasteiger partial charge in [-0.15, -0.1) is 24.0 Å². The van der Waals surface area contributed by atoms with Crippen LogP contribution in [0.15, 0.2) is 23.2 Å². The highest BCUT2D eigenvalue weighted by molar-refractivity contribution is 14.0. The van der Waals surface area contributed by atoms with Gasteiger partial charge in [0.2, 0.25) is 0 Å². The number of ether oxygens (including phenoxy) is 2. The molecule has 25 heavy (non-hydrogen) atoms. The molecular formula is C18H33IN4O2. The molecule has 0 spiro atoms. The highest BCUT2D eigenvalue weighted by Crippen LogP contribution is 2.27. The maximum atomic E-state index is 5.33. The lowest BCUT2D eigenvalue weighted by molar-refractivity contribution is 0.354. The molecule has 0 aromatic heterocycles. The van der Waals surface area contributed by atoms with Crippen LogP contribution in [0.3, 0.4) is 0 Å². The van der Waals surface area contributed by atoms with Crippen molar-refractivity contribution in [3.05, 3.63) is 23.8 Å². The number of guanidine groups is 1. The van der Waals surface area contributed by atoms with Crippen LogP contribution in [0, 0.1) is 0 Å². The second-order valence-electron chi connectivity index (χ2n) is 6.49. The molecule has 6 nitrogen and oxygen atoms in total. The smallest absolute Gasteiger partial charge is 0.191 e. The highest BCUT2D eigenvalue weighted by atomic mass is 127. The van der Waals surface area contributed by atoms with Gasteiger partial charge in [-0.25, -0.2) is 4.99 Å². The standard InChI is InChI=1S/C18H32N4O2.HI/c1-7-19-17(20-10-11-22-18(2,3)4)21-13-14-8-9-15(23-5)16(12-14)24-6;/h8-9,12,22H,7,10-11,13H2,1-6H3,(H2,19,20,21);1H. The molecule has 0 aliphatic rings. The lowest BCUT2D eigenvalue weighted by atomic mass is 10.1. The Balaban J connectivity index is 0.00000576. The van der Waals surface area contributed by atoms with Gasteiger partial charge in [-0.3, -0.25) is 0 Å². The van der Waals surface area contributed by atoms with Crippen LogP contribution in [0.25, 0.3) is 0 Å². The van der Waals surface area contributed by atoms with Gasteiger partial charge in [0.1, 0.15) is 0 Å². The molecule has 0 unspecified atom stereocenters. The zero-order chi connectivity index (χ0) is 18.0. The van der Waals surface area contributed by atoms with Crippen LogP contribution in [-0.2, 0) is 6.54 Å². The van der Waals surface area contributed by atoms with Gasteiger partial charge in [-0.2, -0.15) is 0 Å². The minimum absolute atomic E-state index is 0. The van der Waals surface area contributed by atoms with E-state index in [1.54, 1.807) is 14.2 Å². The van der Waals surface area contributed by atoms with E-state index in [2.05, 4.69) is 48.6 Å². The molecule has 1 aromatic rings. The van der Waals surface area contributed by atoms with Gasteiger partial charge < -0.3 is 25.4 Å². The van der Waals surface area contributed by atoms with Gasteiger partial charge in [0.15, 0.2) is 17.5 Å².